The van der Waals surface area contributed by atoms with Gasteiger partial charge in [-0.25, -0.2) is 5.01 Å². The summed E-state index contributed by atoms with van der Waals surface area (Å²) in [5, 5.41) is 6.39. The van der Waals surface area contributed by atoms with Crippen molar-refractivity contribution in [1.29, 1.82) is 0 Å². The number of methoxy groups -OCH3 is 1. The van der Waals surface area contributed by atoms with Gasteiger partial charge in [0.1, 0.15) is 23.6 Å². The van der Waals surface area contributed by atoms with E-state index in [0.29, 0.717) is 13.0 Å². The largest absolute Gasteiger partial charge is 0.497 e. The van der Waals surface area contributed by atoms with E-state index in [9.17, 15) is 4.79 Å². The van der Waals surface area contributed by atoms with Gasteiger partial charge in [0, 0.05) is 12.6 Å². The van der Waals surface area contributed by atoms with Crippen molar-refractivity contribution in [1.82, 2.24) is 9.58 Å². The Labute approximate surface area is 181 Å². The van der Waals surface area contributed by atoms with E-state index in [4.69, 9.17) is 14.3 Å². The Balaban J connectivity index is 1.38. The molecule has 3 atom stereocenters. The summed E-state index contributed by atoms with van der Waals surface area (Å²) >= 11 is 0. The number of fused-ring (bicyclic) bond motifs is 1. The van der Waals surface area contributed by atoms with E-state index in [1.807, 2.05) is 36.4 Å². The summed E-state index contributed by atoms with van der Waals surface area (Å²) in [7, 11) is 1.65. The number of hydrogen-bond donors (Lipinski definition) is 1. The number of furan rings is 1. The van der Waals surface area contributed by atoms with E-state index in [-0.39, 0.29) is 18.0 Å². The zero-order chi connectivity index (χ0) is 21.4. The van der Waals surface area contributed by atoms with E-state index in [2.05, 4.69) is 29.8 Å². The number of nitrogens with zero attached hydrogens (tertiary/aromatic N) is 3. The van der Waals surface area contributed by atoms with Crippen molar-refractivity contribution < 1.29 is 18.8 Å². The van der Waals surface area contributed by atoms with Crippen LogP contribution in [0.15, 0.2) is 70.5 Å². The minimum absolute atomic E-state index is 0.0202. The third kappa shape index (κ3) is 3.65. The molecular weight excluding hydrogens is 392 g/mol. The van der Waals surface area contributed by atoms with Gasteiger partial charge in [-0.3, -0.25) is 4.79 Å². The minimum Gasteiger partial charge on any atom is -0.497 e. The molecule has 31 heavy (non-hydrogen) atoms. The van der Waals surface area contributed by atoms with Gasteiger partial charge < -0.3 is 18.6 Å². The monoisotopic (exact) mass is 419 g/mol. The SMILES string of the molecule is COc1ccc(C2=NN(C(=O)C[NH+]3CCn4cccc4[C@@H]3C)[C@H](c3ccco3)C2)cc1. The first-order valence-corrected chi connectivity index (χ1v) is 10.7. The van der Waals surface area contributed by atoms with Crippen LogP contribution in [0.1, 0.15) is 42.4 Å². The lowest BCUT2D eigenvalue weighted by molar-refractivity contribution is -0.926. The second-order valence-electron chi connectivity index (χ2n) is 8.18. The molecule has 1 N–H and O–H groups in total. The van der Waals surface area contributed by atoms with Crippen LogP contribution in [0.2, 0.25) is 0 Å². The summed E-state index contributed by atoms with van der Waals surface area (Å²) in [5.74, 6) is 1.58. The highest BCUT2D eigenvalue weighted by molar-refractivity contribution is 6.03. The third-order valence-electron chi connectivity index (χ3n) is 6.43. The van der Waals surface area contributed by atoms with Gasteiger partial charge in [0.05, 0.1) is 37.9 Å². The topological polar surface area (TPSA) is 64.4 Å². The van der Waals surface area contributed by atoms with Gasteiger partial charge in [0.15, 0.2) is 6.54 Å². The Morgan fingerprint density at radius 3 is 2.81 bits per heavy atom. The molecule has 4 heterocycles. The van der Waals surface area contributed by atoms with Gasteiger partial charge in [0.25, 0.3) is 5.91 Å². The number of amides is 1. The third-order valence-corrected chi connectivity index (χ3v) is 6.43. The van der Waals surface area contributed by atoms with Gasteiger partial charge in [-0.1, -0.05) is 0 Å². The number of hydrazone groups is 1. The molecule has 1 unspecified atom stereocenters. The highest BCUT2D eigenvalue weighted by Crippen LogP contribution is 2.33. The lowest BCUT2D eigenvalue weighted by Gasteiger charge is -2.32. The molecule has 0 spiro atoms. The summed E-state index contributed by atoms with van der Waals surface area (Å²) in [5.41, 5.74) is 3.15. The molecular formula is C24H27N4O3+. The quantitative estimate of drug-likeness (QED) is 0.691. The summed E-state index contributed by atoms with van der Waals surface area (Å²) in [4.78, 5) is 14.7. The van der Waals surface area contributed by atoms with E-state index in [1.54, 1.807) is 18.4 Å². The predicted octanol–water partition coefficient (Wildman–Crippen LogP) is 2.43. The van der Waals surface area contributed by atoms with E-state index in [0.717, 1.165) is 35.9 Å². The zero-order valence-electron chi connectivity index (χ0n) is 17.8. The number of ether oxygens (including phenoxy) is 1. The maximum absolute atomic E-state index is 13.4. The van der Waals surface area contributed by atoms with Crippen LogP contribution in [0.5, 0.6) is 5.75 Å². The van der Waals surface area contributed by atoms with Crippen LogP contribution in [0.4, 0.5) is 0 Å². The molecule has 2 aliphatic rings. The second kappa shape index (κ2) is 8.07. The fourth-order valence-corrected chi connectivity index (χ4v) is 4.63. The first-order chi connectivity index (χ1) is 15.1. The number of nitrogens with one attached hydrogen (secondary N) is 1. The summed E-state index contributed by atoms with van der Waals surface area (Å²) in [6.07, 6.45) is 4.39. The number of quaternary nitrogens is 1. The average molecular weight is 420 g/mol. The number of aromatic nitrogens is 1. The van der Waals surface area contributed by atoms with Crippen molar-refractivity contribution in [2.45, 2.75) is 32.0 Å². The van der Waals surface area contributed by atoms with Gasteiger partial charge >= 0.3 is 0 Å². The van der Waals surface area contributed by atoms with Crippen LogP contribution >= 0.6 is 0 Å². The molecule has 0 fully saturated rings. The lowest BCUT2D eigenvalue weighted by Crippen LogP contribution is -3.14. The number of carbonyl (C=O) groups is 1. The maximum Gasteiger partial charge on any atom is 0.298 e. The average Bonchev–Trinajstić information content (AvgIpc) is 3.55. The normalized spacial score (nSPS) is 22.8. The highest BCUT2D eigenvalue weighted by Gasteiger charge is 2.38. The first kappa shape index (κ1) is 19.6. The smallest absolute Gasteiger partial charge is 0.298 e. The van der Waals surface area contributed by atoms with Crippen molar-refractivity contribution in [2.75, 3.05) is 20.2 Å². The Hall–Kier alpha value is -3.32. The Kier molecular flexibility index (Phi) is 5.11. The molecule has 1 amide bonds. The van der Waals surface area contributed by atoms with Crippen molar-refractivity contribution in [3.8, 4) is 5.75 Å². The van der Waals surface area contributed by atoms with E-state index < -0.39 is 0 Å². The van der Waals surface area contributed by atoms with Crippen LogP contribution in [-0.2, 0) is 11.3 Å². The van der Waals surface area contributed by atoms with Crippen molar-refractivity contribution in [2.24, 2.45) is 5.10 Å². The number of hydrogen-bond acceptors (Lipinski definition) is 4. The zero-order valence-corrected chi connectivity index (χ0v) is 17.8. The Bertz CT molecular complexity index is 1080. The van der Waals surface area contributed by atoms with Crippen LogP contribution in [0.25, 0.3) is 0 Å². The highest BCUT2D eigenvalue weighted by atomic mass is 16.5. The number of benzene rings is 1. The summed E-state index contributed by atoms with van der Waals surface area (Å²) in [6, 6.07) is 15.8. The number of carbonyl (C=O) groups excluding carboxylic acids is 1. The molecule has 0 bridgehead atoms. The molecule has 0 radical (unpaired) electrons. The molecule has 3 aromatic rings. The second-order valence-corrected chi connectivity index (χ2v) is 8.18. The molecule has 7 heteroatoms. The molecule has 7 nitrogen and oxygen atoms in total. The standard InChI is InChI=1S/C24H26N4O3/c1-17-21-5-3-11-26(21)12-13-27(17)16-24(29)28-22(23-6-4-14-31-23)15-20(25-28)18-7-9-19(30-2)10-8-18/h3-11,14,17,22H,12-13,15-16H2,1-2H3/p+1/t17-,22-/m0/s1. The molecule has 0 aliphatic carbocycles. The van der Waals surface area contributed by atoms with Gasteiger partial charge in [-0.05, 0) is 61.0 Å². The molecule has 160 valence electrons. The van der Waals surface area contributed by atoms with E-state index >= 15 is 0 Å². The fraction of sp³-hybridized carbons (Fsp3) is 0.333. The first-order valence-electron chi connectivity index (χ1n) is 10.7. The van der Waals surface area contributed by atoms with Crippen molar-refractivity contribution in [3.05, 3.63) is 78.0 Å². The van der Waals surface area contributed by atoms with Crippen LogP contribution in [0, 0.1) is 0 Å². The molecule has 1 aromatic carbocycles. The molecule has 0 saturated carbocycles. The molecule has 5 rings (SSSR count). The van der Waals surface area contributed by atoms with Gasteiger partial charge in [-0.2, -0.15) is 5.10 Å². The predicted molar refractivity (Wildman–Crippen MR) is 116 cm³/mol. The van der Waals surface area contributed by atoms with Crippen molar-refractivity contribution >= 4 is 11.6 Å². The Morgan fingerprint density at radius 1 is 1.23 bits per heavy atom. The van der Waals surface area contributed by atoms with Crippen LogP contribution < -0.4 is 9.64 Å². The summed E-state index contributed by atoms with van der Waals surface area (Å²) < 4.78 is 13.2. The molecule has 0 saturated heterocycles. The molecule has 2 aliphatic heterocycles. The lowest BCUT2D eigenvalue weighted by atomic mass is 10.0. The van der Waals surface area contributed by atoms with Crippen LogP contribution in [-0.4, -0.2) is 41.4 Å². The maximum atomic E-state index is 13.4. The Morgan fingerprint density at radius 2 is 2.06 bits per heavy atom. The fourth-order valence-electron chi connectivity index (χ4n) is 4.63. The number of rotatable bonds is 5. The minimum atomic E-state index is -0.219. The van der Waals surface area contributed by atoms with Crippen molar-refractivity contribution in [3.63, 3.8) is 0 Å². The van der Waals surface area contributed by atoms with Crippen LogP contribution in [0.3, 0.4) is 0 Å². The molecule has 2 aromatic heterocycles. The van der Waals surface area contributed by atoms with Gasteiger partial charge in [-0.15, -0.1) is 0 Å². The summed E-state index contributed by atoms with van der Waals surface area (Å²) in [6.45, 7) is 4.44. The van der Waals surface area contributed by atoms with E-state index in [1.165, 1.54) is 10.6 Å². The van der Waals surface area contributed by atoms with Gasteiger partial charge in [0.2, 0.25) is 0 Å².